The van der Waals surface area contributed by atoms with Gasteiger partial charge >= 0.3 is 0 Å². The topological polar surface area (TPSA) is 67.2 Å². The number of hydrogen-bond donors (Lipinski definition) is 0. The van der Waals surface area contributed by atoms with E-state index in [1.165, 1.54) is 12.1 Å². The van der Waals surface area contributed by atoms with Crippen LogP contribution in [0.2, 0.25) is 0 Å². The molecule has 0 aliphatic carbocycles. The lowest BCUT2D eigenvalue weighted by Gasteiger charge is -2.36. The van der Waals surface area contributed by atoms with Crippen molar-refractivity contribution in [3.8, 4) is 11.1 Å². The van der Waals surface area contributed by atoms with Gasteiger partial charge in [0.2, 0.25) is 11.9 Å². The Morgan fingerprint density at radius 1 is 1.23 bits per heavy atom. The average molecular weight is 408 g/mol. The Labute approximate surface area is 175 Å². The lowest BCUT2D eigenvalue weighted by atomic mass is 9.93. The number of hydrogen-bond acceptors (Lipinski definition) is 5. The summed E-state index contributed by atoms with van der Waals surface area (Å²) >= 11 is 0. The summed E-state index contributed by atoms with van der Waals surface area (Å²) in [5.41, 5.74) is 2.46. The highest BCUT2D eigenvalue weighted by atomic mass is 19.1. The zero-order valence-corrected chi connectivity index (χ0v) is 17.2. The minimum absolute atomic E-state index is 0.0125. The fourth-order valence-electron chi connectivity index (χ4n) is 3.84. The van der Waals surface area contributed by atoms with Crippen molar-refractivity contribution in [3.05, 3.63) is 60.4 Å². The number of rotatable bonds is 5. The zero-order valence-electron chi connectivity index (χ0n) is 17.2. The quantitative estimate of drug-likeness (QED) is 0.648. The van der Waals surface area contributed by atoms with Crippen LogP contribution in [0.1, 0.15) is 31.0 Å². The molecule has 4 rings (SSSR count). The number of piperidine rings is 1. The van der Waals surface area contributed by atoms with Crippen LogP contribution in [0.4, 0.5) is 10.3 Å². The molecule has 0 bridgehead atoms. The lowest BCUT2D eigenvalue weighted by Crippen LogP contribution is -2.41. The fourth-order valence-corrected chi connectivity index (χ4v) is 3.84. The molecule has 8 heteroatoms. The Bertz CT molecular complexity index is 1000. The maximum absolute atomic E-state index is 13.5. The zero-order chi connectivity index (χ0) is 21.1. The highest BCUT2D eigenvalue weighted by molar-refractivity contribution is 5.77. The third-order valence-electron chi connectivity index (χ3n) is 5.36. The van der Waals surface area contributed by atoms with Gasteiger partial charge in [0.15, 0.2) is 0 Å². The number of nitrogens with zero attached hydrogens (tertiary/aromatic N) is 6. The molecule has 2 aromatic heterocycles. The molecule has 1 aromatic carbocycles. The molecule has 30 heavy (non-hydrogen) atoms. The molecule has 0 spiro atoms. The number of carbonyl (C=O) groups excluding carboxylic acids is 1. The van der Waals surface area contributed by atoms with Crippen LogP contribution < -0.4 is 4.90 Å². The SMILES string of the molecule is CN(C)c1ncc(-c2ccc(F)cc2)c([C@H]2CCCCN2C(=O)Cn2cccn2)n1. The van der Waals surface area contributed by atoms with Crippen molar-refractivity contribution in [3.63, 3.8) is 0 Å². The smallest absolute Gasteiger partial charge is 0.244 e. The molecule has 1 aliphatic rings. The molecule has 1 amide bonds. The number of benzene rings is 1. The highest BCUT2D eigenvalue weighted by Crippen LogP contribution is 2.36. The van der Waals surface area contributed by atoms with Crippen molar-refractivity contribution >= 4 is 11.9 Å². The first kappa shape index (κ1) is 20.0. The summed E-state index contributed by atoms with van der Waals surface area (Å²) in [7, 11) is 3.77. The van der Waals surface area contributed by atoms with Crippen molar-refractivity contribution in [2.24, 2.45) is 0 Å². The van der Waals surface area contributed by atoms with Crippen LogP contribution >= 0.6 is 0 Å². The molecule has 156 valence electrons. The molecule has 1 atom stereocenters. The second-order valence-electron chi connectivity index (χ2n) is 7.67. The van der Waals surface area contributed by atoms with Crippen LogP contribution in [0.3, 0.4) is 0 Å². The van der Waals surface area contributed by atoms with E-state index in [0.29, 0.717) is 12.5 Å². The van der Waals surface area contributed by atoms with E-state index in [1.54, 1.807) is 41.5 Å². The number of anilines is 1. The first-order valence-electron chi connectivity index (χ1n) is 10.1. The van der Waals surface area contributed by atoms with E-state index in [0.717, 1.165) is 36.1 Å². The molecule has 1 aliphatic heterocycles. The van der Waals surface area contributed by atoms with Gasteiger partial charge in [-0.3, -0.25) is 9.48 Å². The summed E-state index contributed by atoms with van der Waals surface area (Å²) in [6.07, 6.45) is 8.02. The Kier molecular flexibility index (Phi) is 5.74. The van der Waals surface area contributed by atoms with Gasteiger partial charge in [-0.2, -0.15) is 5.10 Å². The molecule has 0 unspecified atom stereocenters. The van der Waals surface area contributed by atoms with Crippen molar-refractivity contribution in [2.45, 2.75) is 31.8 Å². The van der Waals surface area contributed by atoms with Gasteiger partial charge in [-0.1, -0.05) is 12.1 Å². The number of carbonyl (C=O) groups is 1. The van der Waals surface area contributed by atoms with Crippen LogP contribution in [0.15, 0.2) is 48.9 Å². The van der Waals surface area contributed by atoms with Gasteiger partial charge in [-0.25, -0.2) is 14.4 Å². The molecule has 1 fully saturated rings. The van der Waals surface area contributed by atoms with E-state index in [1.807, 2.05) is 23.9 Å². The summed E-state index contributed by atoms with van der Waals surface area (Å²) < 4.78 is 15.1. The van der Waals surface area contributed by atoms with Crippen LogP contribution in [0.25, 0.3) is 11.1 Å². The van der Waals surface area contributed by atoms with Crippen molar-refractivity contribution in [2.75, 3.05) is 25.5 Å². The van der Waals surface area contributed by atoms with Crippen LogP contribution in [0, 0.1) is 5.82 Å². The summed E-state index contributed by atoms with van der Waals surface area (Å²) in [5, 5.41) is 4.16. The largest absolute Gasteiger partial charge is 0.347 e. The molecule has 1 saturated heterocycles. The van der Waals surface area contributed by atoms with Crippen molar-refractivity contribution in [1.29, 1.82) is 0 Å². The van der Waals surface area contributed by atoms with Crippen molar-refractivity contribution < 1.29 is 9.18 Å². The van der Waals surface area contributed by atoms with Crippen LogP contribution in [-0.4, -0.2) is 51.2 Å². The van der Waals surface area contributed by atoms with Gasteiger partial charge in [0.25, 0.3) is 0 Å². The van der Waals surface area contributed by atoms with E-state index in [-0.39, 0.29) is 24.3 Å². The van der Waals surface area contributed by atoms with E-state index in [2.05, 4.69) is 10.1 Å². The molecular weight excluding hydrogens is 383 g/mol. The minimum atomic E-state index is -0.292. The van der Waals surface area contributed by atoms with E-state index in [4.69, 9.17) is 4.98 Å². The second-order valence-corrected chi connectivity index (χ2v) is 7.67. The Morgan fingerprint density at radius 3 is 2.73 bits per heavy atom. The number of likely N-dealkylation sites (tertiary alicyclic amines) is 1. The van der Waals surface area contributed by atoms with Crippen LogP contribution in [0.5, 0.6) is 0 Å². The van der Waals surface area contributed by atoms with Gasteiger partial charge in [0.05, 0.1) is 11.7 Å². The maximum Gasteiger partial charge on any atom is 0.244 e. The first-order valence-corrected chi connectivity index (χ1v) is 10.1. The predicted octanol–water partition coefficient (Wildman–Crippen LogP) is 3.30. The summed E-state index contributed by atoms with van der Waals surface area (Å²) in [6.45, 7) is 0.871. The van der Waals surface area contributed by atoms with E-state index < -0.39 is 0 Å². The number of aromatic nitrogens is 4. The van der Waals surface area contributed by atoms with Gasteiger partial charge in [-0.15, -0.1) is 0 Å². The van der Waals surface area contributed by atoms with Gasteiger partial charge in [-0.05, 0) is 43.0 Å². The summed E-state index contributed by atoms with van der Waals surface area (Å²) in [5.74, 6) is 0.305. The summed E-state index contributed by atoms with van der Waals surface area (Å²) in [4.78, 5) is 26.2. The van der Waals surface area contributed by atoms with Crippen LogP contribution in [-0.2, 0) is 11.3 Å². The molecular formula is C22H25FN6O. The normalized spacial score (nSPS) is 16.5. The third-order valence-corrected chi connectivity index (χ3v) is 5.36. The molecule has 0 N–H and O–H groups in total. The predicted molar refractivity (Wildman–Crippen MR) is 112 cm³/mol. The lowest BCUT2D eigenvalue weighted by molar-refractivity contribution is -0.136. The Morgan fingerprint density at radius 2 is 2.03 bits per heavy atom. The first-order chi connectivity index (χ1) is 14.5. The second kappa shape index (κ2) is 8.61. The Hall–Kier alpha value is -3.29. The van der Waals surface area contributed by atoms with Gasteiger partial charge < -0.3 is 9.80 Å². The molecule has 3 heterocycles. The highest BCUT2D eigenvalue weighted by Gasteiger charge is 2.31. The molecule has 0 saturated carbocycles. The standard InChI is InChI=1S/C22H25FN6O/c1-27(2)22-24-14-18(16-7-9-17(23)10-8-16)21(26-22)19-6-3-4-13-29(19)20(30)15-28-12-5-11-25-28/h5,7-12,14,19H,3-4,6,13,15H2,1-2H3/t19-/m1/s1. The van der Waals surface area contributed by atoms with Crippen molar-refractivity contribution in [1.82, 2.24) is 24.6 Å². The maximum atomic E-state index is 13.5. The van der Waals surface area contributed by atoms with Gasteiger partial charge in [0, 0.05) is 44.8 Å². The number of halogens is 1. The summed E-state index contributed by atoms with van der Waals surface area (Å²) in [6, 6.07) is 7.96. The fraction of sp³-hybridized carbons (Fsp3) is 0.364. The average Bonchev–Trinajstić information content (AvgIpc) is 3.27. The van der Waals surface area contributed by atoms with E-state index in [9.17, 15) is 9.18 Å². The molecule has 7 nitrogen and oxygen atoms in total. The molecule has 0 radical (unpaired) electrons. The minimum Gasteiger partial charge on any atom is -0.347 e. The number of amides is 1. The van der Waals surface area contributed by atoms with E-state index >= 15 is 0 Å². The molecule has 3 aromatic rings. The third kappa shape index (κ3) is 4.17. The Balaban J connectivity index is 1.74. The monoisotopic (exact) mass is 408 g/mol. The van der Waals surface area contributed by atoms with Gasteiger partial charge in [0.1, 0.15) is 12.4 Å².